The summed E-state index contributed by atoms with van der Waals surface area (Å²) in [7, 11) is -1.88. The highest BCUT2D eigenvalue weighted by atomic mass is 35.5. The number of rotatable bonds is 2. The Morgan fingerprint density at radius 2 is 2.04 bits per heavy atom. The molecule has 1 unspecified atom stereocenters. The summed E-state index contributed by atoms with van der Waals surface area (Å²) in [5.41, 5.74) is 2.64. The molecule has 0 fully saturated rings. The quantitative estimate of drug-likeness (QED) is 0.796. The molecule has 7 heteroatoms. The van der Waals surface area contributed by atoms with E-state index in [1.807, 2.05) is 10.7 Å². The molecular weight excluding hydrogens is 340 g/mol. The zero-order valence-electron chi connectivity index (χ0n) is 15.6. The minimum Gasteiger partial charge on any atom is -0.411 e. The Morgan fingerprint density at radius 3 is 2.67 bits per heavy atom. The monoisotopic (exact) mass is 366 g/mol. The third-order valence-corrected chi connectivity index (χ3v) is 10.3. The van der Waals surface area contributed by atoms with E-state index in [2.05, 4.69) is 63.1 Å². The van der Waals surface area contributed by atoms with E-state index >= 15 is 0 Å². The highest BCUT2D eigenvalue weighted by Crippen LogP contribution is 2.43. The maximum Gasteiger partial charge on any atom is 0.192 e. The van der Waals surface area contributed by atoms with Crippen molar-refractivity contribution in [2.75, 3.05) is 11.9 Å². The van der Waals surface area contributed by atoms with Crippen LogP contribution in [0.3, 0.4) is 0 Å². The van der Waals surface area contributed by atoms with E-state index in [4.69, 9.17) is 16.0 Å². The number of nitrogens with one attached hydrogen (secondary N) is 1. The molecule has 3 rings (SSSR count). The molecule has 1 aliphatic heterocycles. The summed E-state index contributed by atoms with van der Waals surface area (Å²) in [6.07, 6.45) is 1.94. The smallest absolute Gasteiger partial charge is 0.192 e. The molecule has 0 radical (unpaired) electrons. The average Bonchev–Trinajstić information content (AvgIpc) is 2.80. The Kier molecular flexibility index (Phi) is 4.01. The molecule has 0 spiro atoms. The summed E-state index contributed by atoms with van der Waals surface area (Å²) in [5, 5.41) is 8.54. The first-order chi connectivity index (χ1) is 10.9. The SMILES string of the molecule is CC1(C)c2c(cnc3cc(Cl)nn23)NCC1O[Si](C)(C)C(C)(C)C. The first-order valence-corrected chi connectivity index (χ1v) is 11.7. The normalized spacial score (nSPS) is 20.8. The molecule has 0 saturated carbocycles. The molecule has 3 heterocycles. The van der Waals surface area contributed by atoms with Gasteiger partial charge in [-0.05, 0) is 18.1 Å². The van der Waals surface area contributed by atoms with Crippen molar-refractivity contribution in [1.29, 1.82) is 0 Å². The van der Waals surface area contributed by atoms with E-state index in [9.17, 15) is 0 Å². The van der Waals surface area contributed by atoms with Crippen LogP contribution in [0.5, 0.6) is 0 Å². The van der Waals surface area contributed by atoms with E-state index < -0.39 is 8.32 Å². The van der Waals surface area contributed by atoms with Crippen LogP contribution in [-0.2, 0) is 9.84 Å². The van der Waals surface area contributed by atoms with Crippen molar-refractivity contribution in [3.05, 3.63) is 23.1 Å². The van der Waals surface area contributed by atoms with Crippen molar-refractivity contribution in [2.45, 2.75) is 64.3 Å². The van der Waals surface area contributed by atoms with Crippen molar-refractivity contribution in [2.24, 2.45) is 0 Å². The maximum atomic E-state index is 6.75. The molecule has 0 amide bonds. The van der Waals surface area contributed by atoms with Crippen LogP contribution in [0.15, 0.2) is 12.3 Å². The zero-order valence-corrected chi connectivity index (χ0v) is 17.3. The highest BCUT2D eigenvalue weighted by molar-refractivity contribution is 6.74. The van der Waals surface area contributed by atoms with Crippen LogP contribution in [0, 0.1) is 0 Å². The molecule has 0 bridgehead atoms. The topological polar surface area (TPSA) is 51.5 Å². The van der Waals surface area contributed by atoms with E-state index in [1.165, 1.54) is 0 Å². The third kappa shape index (κ3) is 2.74. The lowest BCUT2D eigenvalue weighted by Gasteiger charge is -2.46. The van der Waals surface area contributed by atoms with Gasteiger partial charge < -0.3 is 9.74 Å². The predicted octanol–water partition coefficient (Wildman–Crippen LogP) is 4.48. The largest absolute Gasteiger partial charge is 0.411 e. The predicted molar refractivity (Wildman–Crippen MR) is 102 cm³/mol. The lowest BCUT2D eigenvalue weighted by atomic mass is 9.79. The Labute approximate surface area is 149 Å². The first-order valence-electron chi connectivity index (χ1n) is 8.40. The molecule has 1 atom stereocenters. The second kappa shape index (κ2) is 5.44. The lowest BCUT2D eigenvalue weighted by molar-refractivity contribution is 0.112. The van der Waals surface area contributed by atoms with E-state index in [-0.39, 0.29) is 16.6 Å². The van der Waals surface area contributed by atoms with Gasteiger partial charge in [-0.15, -0.1) is 0 Å². The van der Waals surface area contributed by atoms with Gasteiger partial charge in [-0.3, -0.25) is 0 Å². The summed E-state index contributed by atoms with van der Waals surface area (Å²) < 4.78 is 8.61. The lowest BCUT2D eigenvalue weighted by Crippen LogP contribution is -2.54. The van der Waals surface area contributed by atoms with Gasteiger partial charge in [0.1, 0.15) is 0 Å². The Hall–Kier alpha value is -1.11. The summed E-state index contributed by atoms with van der Waals surface area (Å²) in [4.78, 5) is 4.44. The summed E-state index contributed by atoms with van der Waals surface area (Å²) in [6.45, 7) is 16.6. The van der Waals surface area contributed by atoms with Gasteiger partial charge in [0.2, 0.25) is 0 Å². The van der Waals surface area contributed by atoms with Crippen LogP contribution in [0.1, 0.15) is 40.3 Å². The molecule has 0 saturated heterocycles. The van der Waals surface area contributed by atoms with E-state index in [1.54, 1.807) is 6.07 Å². The number of aromatic nitrogens is 3. The average molecular weight is 367 g/mol. The van der Waals surface area contributed by atoms with Crippen molar-refractivity contribution < 1.29 is 4.43 Å². The fourth-order valence-corrected chi connectivity index (χ4v) is 4.60. The van der Waals surface area contributed by atoms with E-state index in [0.29, 0.717) is 5.15 Å². The molecule has 0 aromatic carbocycles. The Bertz CT molecular complexity index is 779. The fraction of sp³-hybridized carbons (Fsp3) is 0.647. The van der Waals surface area contributed by atoms with Gasteiger partial charge in [0.15, 0.2) is 19.1 Å². The van der Waals surface area contributed by atoms with Crippen molar-refractivity contribution in [3.8, 4) is 0 Å². The van der Waals surface area contributed by atoms with Gasteiger partial charge in [0.25, 0.3) is 0 Å². The van der Waals surface area contributed by atoms with Crippen LogP contribution in [0.4, 0.5) is 5.69 Å². The standard InChI is InChI=1S/C17H27ClN4OSi/c1-16(2,3)24(6,7)23-12-10-19-11-9-20-14-8-13(18)21-22(14)15(11)17(12,4)5/h8-9,12,19H,10H2,1-7H3. The molecule has 5 nitrogen and oxygen atoms in total. The number of nitrogens with zero attached hydrogens (tertiary/aromatic N) is 3. The van der Waals surface area contributed by atoms with Gasteiger partial charge in [0.05, 0.1) is 23.7 Å². The van der Waals surface area contributed by atoms with Crippen molar-refractivity contribution in [1.82, 2.24) is 14.6 Å². The number of fused-ring (bicyclic) bond motifs is 3. The Balaban J connectivity index is 2.06. The van der Waals surface area contributed by atoms with Crippen LogP contribution < -0.4 is 5.32 Å². The van der Waals surface area contributed by atoms with Gasteiger partial charge >= 0.3 is 0 Å². The molecule has 2 aromatic heterocycles. The zero-order chi connectivity index (χ0) is 17.9. The van der Waals surface area contributed by atoms with Crippen molar-refractivity contribution in [3.63, 3.8) is 0 Å². The number of hydrogen-bond donors (Lipinski definition) is 1. The van der Waals surface area contributed by atoms with E-state index in [0.717, 1.165) is 23.6 Å². The number of anilines is 1. The second-order valence-corrected chi connectivity index (χ2v) is 13.9. The second-order valence-electron chi connectivity index (χ2n) is 8.73. The minimum absolute atomic E-state index is 0.0690. The summed E-state index contributed by atoms with van der Waals surface area (Å²) in [5.74, 6) is 0. The number of hydrogen-bond acceptors (Lipinski definition) is 4. The molecule has 24 heavy (non-hydrogen) atoms. The third-order valence-electron chi connectivity index (χ3n) is 5.59. The molecule has 2 aromatic rings. The minimum atomic E-state index is -1.88. The Morgan fingerprint density at radius 1 is 1.38 bits per heavy atom. The van der Waals surface area contributed by atoms with Crippen LogP contribution in [-0.4, -0.2) is 35.6 Å². The summed E-state index contributed by atoms with van der Waals surface area (Å²) in [6, 6.07) is 1.79. The van der Waals surface area contributed by atoms with Gasteiger partial charge in [-0.1, -0.05) is 46.2 Å². The molecule has 1 aliphatic rings. The van der Waals surface area contributed by atoms with Gasteiger partial charge in [0, 0.05) is 18.0 Å². The van der Waals surface area contributed by atoms with Crippen molar-refractivity contribution >= 4 is 31.3 Å². The van der Waals surface area contributed by atoms with Gasteiger partial charge in [-0.25, -0.2) is 9.50 Å². The maximum absolute atomic E-state index is 6.75. The molecule has 132 valence electrons. The first kappa shape index (κ1) is 17.7. The summed E-state index contributed by atoms with van der Waals surface area (Å²) >= 11 is 6.10. The molecular formula is C17H27ClN4OSi. The van der Waals surface area contributed by atoms with Crippen LogP contribution >= 0.6 is 11.6 Å². The number of halogens is 1. The van der Waals surface area contributed by atoms with Crippen LogP contribution in [0.2, 0.25) is 23.3 Å². The fourth-order valence-electron chi connectivity index (χ4n) is 2.99. The highest BCUT2D eigenvalue weighted by Gasteiger charge is 2.46. The van der Waals surface area contributed by atoms with Crippen LogP contribution in [0.25, 0.3) is 5.65 Å². The molecule has 1 N–H and O–H groups in total. The van der Waals surface area contributed by atoms with Gasteiger partial charge in [-0.2, -0.15) is 5.10 Å². The molecule has 0 aliphatic carbocycles.